The quantitative estimate of drug-likeness (QED) is 0.557. The lowest BCUT2D eigenvalue weighted by Gasteiger charge is -2.27. The van der Waals surface area contributed by atoms with Gasteiger partial charge < -0.3 is 10.6 Å². The van der Waals surface area contributed by atoms with Crippen molar-refractivity contribution < 1.29 is 4.79 Å². The zero-order valence-electron chi connectivity index (χ0n) is 6.05. The Morgan fingerprint density at radius 3 is 2.80 bits per heavy atom. The normalized spacial score (nSPS) is 28.3. The summed E-state index contributed by atoms with van der Waals surface area (Å²) in [4.78, 5) is 12.6. The molecule has 10 heavy (non-hydrogen) atoms. The maximum atomic E-state index is 10.7. The van der Waals surface area contributed by atoms with Crippen molar-refractivity contribution in [1.82, 2.24) is 4.90 Å². The molecule has 2 N–H and O–H groups in total. The summed E-state index contributed by atoms with van der Waals surface area (Å²) >= 11 is 0. The summed E-state index contributed by atoms with van der Waals surface area (Å²) in [6.07, 6.45) is 1.97. The van der Waals surface area contributed by atoms with Crippen molar-refractivity contribution in [3.8, 4) is 0 Å². The molecule has 1 unspecified atom stereocenters. The average Bonchev–Trinajstić information content (AvgIpc) is 1.88. The Labute approximate surface area is 61.2 Å². The second kappa shape index (κ2) is 3.01. The highest BCUT2D eigenvalue weighted by Crippen LogP contribution is 2.14. The summed E-state index contributed by atoms with van der Waals surface area (Å²) in [6, 6.07) is 0. The number of amides is 1. The van der Waals surface area contributed by atoms with Crippen LogP contribution in [0.15, 0.2) is 0 Å². The smallest absolute Gasteiger partial charge is 0.221 e. The summed E-state index contributed by atoms with van der Waals surface area (Å²) in [5.74, 6) is -0.153. The van der Waals surface area contributed by atoms with Gasteiger partial charge >= 0.3 is 0 Å². The van der Waals surface area contributed by atoms with Crippen LogP contribution in [0.1, 0.15) is 12.8 Å². The lowest BCUT2D eigenvalue weighted by molar-refractivity contribution is -0.123. The van der Waals surface area contributed by atoms with E-state index >= 15 is 0 Å². The van der Waals surface area contributed by atoms with E-state index in [1.807, 2.05) is 4.90 Å². The summed E-state index contributed by atoms with van der Waals surface area (Å²) < 4.78 is 0. The van der Waals surface area contributed by atoms with Crippen LogP contribution in [0.5, 0.6) is 0 Å². The van der Waals surface area contributed by atoms with Gasteiger partial charge in [-0.1, -0.05) is 0 Å². The SMILES string of the molecule is [CH2]N1CCCC(C(N)=O)C1. The van der Waals surface area contributed by atoms with Crippen LogP contribution >= 0.6 is 0 Å². The van der Waals surface area contributed by atoms with Gasteiger partial charge in [0.05, 0.1) is 5.92 Å². The largest absolute Gasteiger partial charge is 0.369 e. The number of primary amides is 1. The zero-order chi connectivity index (χ0) is 7.56. The maximum Gasteiger partial charge on any atom is 0.221 e. The Balaban J connectivity index is 2.39. The third kappa shape index (κ3) is 1.70. The van der Waals surface area contributed by atoms with Gasteiger partial charge in [0.25, 0.3) is 0 Å². The monoisotopic (exact) mass is 141 g/mol. The molecule has 1 saturated heterocycles. The molecule has 1 heterocycles. The Hall–Kier alpha value is -0.570. The molecule has 0 bridgehead atoms. The van der Waals surface area contributed by atoms with Crippen molar-refractivity contribution in [2.45, 2.75) is 12.8 Å². The van der Waals surface area contributed by atoms with E-state index in [0.29, 0.717) is 0 Å². The standard InChI is InChI=1S/C7H13N2O/c1-9-4-2-3-6(5-9)7(8)10/h6H,1-5H2,(H2,8,10). The summed E-state index contributed by atoms with van der Waals surface area (Å²) in [7, 11) is 3.76. The van der Waals surface area contributed by atoms with Crippen molar-refractivity contribution in [3.63, 3.8) is 0 Å². The van der Waals surface area contributed by atoms with Crippen molar-refractivity contribution in [2.24, 2.45) is 11.7 Å². The molecule has 3 heteroatoms. The first-order valence-electron chi connectivity index (χ1n) is 3.55. The van der Waals surface area contributed by atoms with Crippen molar-refractivity contribution >= 4 is 5.91 Å². The van der Waals surface area contributed by atoms with E-state index in [1.54, 1.807) is 0 Å². The molecule has 1 rings (SSSR count). The van der Waals surface area contributed by atoms with Crippen molar-refractivity contribution in [1.29, 1.82) is 0 Å². The first-order valence-corrected chi connectivity index (χ1v) is 3.55. The van der Waals surface area contributed by atoms with Crippen molar-refractivity contribution in [3.05, 3.63) is 7.05 Å². The Morgan fingerprint density at radius 2 is 2.40 bits per heavy atom. The second-order valence-corrected chi connectivity index (χ2v) is 2.82. The molecule has 0 aliphatic carbocycles. The predicted molar refractivity (Wildman–Crippen MR) is 38.8 cm³/mol. The number of likely N-dealkylation sites (tertiary alicyclic amines) is 1. The first-order chi connectivity index (χ1) is 4.70. The summed E-state index contributed by atoms with van der Waals surface area (Å²) in [6.45, 7) is 1.72. The van der Waals surface area contributed by atoms with Crippen LogP contribution in [0.4, 0.5) is 0 Å². The Kier molecular flexibility index (Phi) is 2.27. The zero-order valence-corrected chi connectivity index (χ0v) is 6.05. The number of hydrogen-bond donors (Lipinski definition) is 1. The highest BCUT2D eigenvalue weighted by Gasteiger charge is 2.21. The van der Waals surface area contributed by atoms with Crippen LogP contribution in [0.2, 0.25) is 0 Å². The minimum atomic E-state index is -0.187. The fourth-order valence-electron chi connectivity index (χ4n) is 1.29. The van der Waals surface area contributed by atoms with Gasteiger partial charge in [-0.2, -0.15) is 0 Å². The van der Waals surface area contributed by atoms with Gasteiger partial charge in [-0.05, 0) is 19.4 Å². The first kappa shape index (κ1) is 7.54. The van der Waals surface area contributed by atoms with Crippen molar-refractivity contribution in [2.75, 3.05) is 13.1 Å². The molecule has 1 atom stereocenters. The highest BCUT2D eigenvalue weighted by molar-refractivity contribution is 5.76. The van der Waals surface area contributed by atoms with Gasteiger partial charge in [-0.3, -0.25) is 4.79 Å². The van der Waals surface area contributed by atoms with E-state index in [9.17, 15) is 4.79 Å². The van der Waals surface area contributed by atoms with Crippen LogP contribution < -0.4 is 5.73 Å². The number of carbonyl (C=O) groups excluding carboxylic acids is 1. The predicted octanol–water partition coefficient (Wildman–Crippen LogP) is -0.0247. The minimum absolute atomic E-state index is 0.0336. The molecule has 1 amide bonds. The molecule has 0 aromatic carbocycles. The van der Waals surface area contributed by atoms with Crippen LogP contribution in [-0.4, -0.2) is 23.9 Å². The molecular weight excluding hydrogens is 128 g/mol. The fraction of sp³-hybridized carbons (Fsp3) is 0.714. The summed E-state index contributed by atoms with van der Waals surface area (Å²) in [5, 5.41) is 0. The molecule has 0 aromatic heterocycles. The topological polar surface area (TPSA) is 46.3 Å². The molecule has 1 aliphatic heterocycles. The molecular formula is C7H13N2O. The molecule has 57 valence electrons. The van der Waals surface area contributed by atoms with Gasteiger partial charge in [0.2, 0.25) is 5.91 Å². The lowest BCUT2D eigenvalue weighted by Crippen LogP contribution is -2.37. The van der Waals surface area contributed by atoms with Gasteiger partial charge in [0, 0.05) is 13.6 Å². The third-order valence-electron chi connectivity index (χ3n) is 1.91. The molecule has 3 nitrogen and oxygen atoms in total. The van der Waals surface area contributed by atoms with E-state index in [0.717, 1.165) is 25.9 Å². The van der Waals surface area contributed by atoms with E-state index in [2.05, 4.69) is 7.05 Å². The van der Waals surface area contributed by atoms with Gasteiger partial charge in [0.1, 0.15) is 0 Å². The lowest BCUT2D eigenvalue weighted by atomic mass is 9.98. The van der Waals surface area contributed by atoms with E-state index in [1.165, 1.54) is 0 Å². The van der Waals surface area contributed by atoms with E-state index in [4.69, 9.17) is 5.73 Å². The van der Waals surface area contributed by atoms with Gasteiger partial charge in [0.15, 0.2) is 0 Å². The third-order valence-corrected chi connectivity index (χ3v) is 1.91. The highest BCUT2D eigenvalue weighted by atomic mass is 16.1. The second-order valence-electron chi connectivity index (χ2n) is 2.82. The molecule has 1 fully saturated rings. The van der Waals surface area contributed by atoms with Crippen LogP contribution in [-0.2, 0) is 4.79 Å². The number of hydrogen-bond acceptors (Lipinski definition) is 2. The number of nitrogens with zero attached hydrogens (tertiary/aromatic N) is 1. The van der Waals surface area contributed by atoms with Crippen LogP contribution in [0.3, 0.4) is 0 Å². The van der Waals surface area contributed by atoms with E-state index < -0.39 is 0 Å². The fourth-order valence-corrected chi connectivity index (χ4v) is 1.29. The molecule has 0 saturated carbocycles. The Morgan fingerprint density at radius 1 is 1.70 bits per heavy atom. The molecule has 0 aromatic rings. The Bertz CT molecular complexity index is 136. The molecule has 0 spiro atoms. The van der Waals surface area contributed by atoms with Gasteiger partial charge in [-0.15, -0.1) is 0 Å². The number of nitrogens with two attached hydrogens (primary N) is 1. The summed E-state index contributed by atoms with van der Waals surface area (Å²) in [5.41, 5.74) is 5.14. The number of carbonyl (C=O) groups is 1. The number of piperidine rings is 1. The average molecular weight is 141 g/mol. The van der Waals surface area contributed by atoms with Gasteiger partial charge in [-0.25, -0.2) is 0 Å². The molecule has 1 aliphatic rings. The maximum absolute atomic E-state index is 10.7. The van der Waals surface area contributed by atoms with Crippen LogP contribution in [0.25, 0.3) is 0 Å². The van der Waals surface area contributed by atoms with Crippen LogP contribution in [0, 0.1) is 13.0 Å². The van der Waals surface area contributed by atoms with E-state index in [-0.39, 0.29) is 11.8 Å². The minimum Gasteiger partial charge on any atom is -0.369 e. The number of rotatable bonds is 1. The molecule has 1 radical (unpaired) electrons.